The first-order chi connectivity index (χ1) is 12.4. The monoisotopic (exact) mass is 358 g/mol. The van der Waals surface area contributed by atoms with Crippen LogP contribution in [0.2, 0.25) is 0 Å². The van der Waals surface area contributed by atoms with E-state index < -0.39 is 0 Å². The Morgan fingerprint density at radius 2 is 1.73 bits per heavy atom. The summed E-state index contributed by atoms with van der Waals surface area (Å²) in [5.41, 5.74) is 7.37. The van der Waals surface area contributed by atoms with E-state index in [1.807, 2.05) is 0 Å². The van der Waals surface area contributed by atoms with Gasteiger partial charge in [0.15, 0.2) is 11.5 Å². The zero-order valence-electron chi connectivity index (χ0n) is 15.7. The van der Waals surface area contributed by atoms with Crippen molar-refractivity contribution in [3.63, 3.8) is 0 Å². The smallest absolute Gasteiger partial charge is 0.255 e. The fraction of sp³-hybridized carbons (Fsp3) is 0.350. The van der Waals surface area contributed by atoms with E-state index in [-0.39, 0.29) is 5.91 Å². The van der Waals surface area contributed by atoms with Crippen LogP contribution < -0.4 is 25.3 Å². The van der Waals surface area contributed by atoms with Crippen molar-refractivity contribution in [1.82, 2.24) is 0 Å². The molecule has 6 nitrogen and oxygen atoms in total. The van der Waals surface area contributed by atoms with Gasteiger partial charge in [0.25, 0.3) is 5.91 Å². The minimum atomic E-state index is -0.262. The van der Waals surface area contributed by atoms with E-state index >= 15 is 0 Å². The van der Waals surface area contributed by atoms with Crippen molar-refractivity contribution in [3.05, 3.63) is 42.0 Å². The number of carbonyl (C=O) groups is 1. The second-order valence-corrected chi connectivity index (χ2v) is 6.31. The fourth-order valence-electron chi connectivity index (χ4n) is 2.35. The van der Waals surface area contributed by atoms with Crippen LogP contribution in [0.3, 0.4) is 0 Å². The van der Waals surface area contributed by atoms with Gasteiger partial charge in [-0.05, 0) is 48.7 Å². The number of nitrogens with two attached hydrogens (primary N) is 1. The molecule has 1 amide bonds. The lowest BCUT2D eigenvalue weighted by Gasteiger charge is -2.13. The van der Waals surface area contributed by atoms with Gasteiger partial charge in [-0.15, -0.1) is 0 Å². The molecule has 26 heavy (non-hydrogen) atoms. The van der Waals surface area contributed by atoms with E-state index in [4.69, 9.17) is 19.9 Å². The highest BCUT2D eigenvalue weighted by Crippen LogP contribution is 2.29. The number of ether oxygens (including phenoxy) is 3. The molecule has 0 saturated heterocycles. The van der Waals surface area contributed by atoms with Crippen LogP contribution in [0.5, 0.6) is 17.2 Å². The normalized spacial score (nSPS) is 10.5. The van der Waals surface area contributed by atoms with Gasteiger partial charge < -0.3 is 25.3 Å². The second kappa shape index (κ2) is 8.99. The molecule has 0 bridgehead atoms. The third kappa shape index (κ3) is 5.05. The first-order valence-electron chi connectivity index (χ1n) is 8.50. The van der Waals surface area contributed by atoms with Gasteiger partial charge in [0.1, 0.15) is 5.75 Å². The van der Waals surface area contributed by atoms with E-state index in [0.717, 1.165) is 6.42 Å². The highest BCUT2D eigenvalue weighted by molar-refractivity contribution is 6.05. The predicted molar refractivity (Wildman–Crippen MR) is 103 cm³/mol. The zero-order valence-corrected chi connectivity index (χ0v) is 15.7. The highest BCUT2D eigenvalue weighted by atomic mass is 16.5. The van der Waals surface area contributed by atoms with Crippen molar-refractivity contribution in [2.45, 2.75) is 20.3 Å². The zero-order chi connectivity index (χ0) is 19.1. The number of hydrogen-bond acceptors (Lipinski definition) is 5. The minimum absolute atomic E-state index is 0.262. The molecule has 0 radical (unpaired) electrons. The lowest BCUT2D eigenvalue weighted by atomic mass is 10.1. The maximum absolute atomic E-state index is 12.5. The predicted octanol–water partition coefficient (Wildman–Crippen LogP) is 3.96. The van der Waals surface area contributed by atoms with Gasteiger partial charge >= 0.3 is 0 Å². The first-order valence-corrected chi connectivity index (χ1v) is 8.50. The highest BCUT2D eigenvalue weighted by Gasteiger charge is 2.12. The standard InChI is InChI=1S/C20H26N2O4/c1-13(2)9-10-26-18-7-5-14(11-19(18)25-4)20(23)22-15-6-8-17(24-3)16(21)12-15/h5-8,11-13H,9-10,21H2,1-4H3,(H,22,23). The largest absolute Gasteiger partial charge is 0.495 e. The van der Waals surface area contributed by atoms with Crippen LogP contribution in [0.4, 0.5) is 11.4 Å². The van der Waals surface area contributed by atoms with Crippen LogP contribution in [-0.4, -0.2) is 26.7 Å². The quantitative estimate of drug-likeness (QED) is 0.698. The van der Waals surface area contributed by atoms with E-state index in [1.165, 1.54) is 0 Å². The van der Waals surface area contributed by atoms with E-state index in [2.05, 4.69) is 19.2 Å². The summed E-state index contributed by atoms with van der Waals surface area (Å²) in [5.74, 6) is 2.01. The van der Waals surface area contributed by atoms with Crippen LogP contribution in [-0.2, 0) is 0 Å². The van der Waals surface area contributed by atoms with Crippen molar-refractivity contribution >= 4 is 17.3 Å². The molecule has 0 spiro atoms. The summed E-state index contributed by atoms with van der Waals surface area (Å²) in [5, 5.41) is 2.81. The minimum Gasteiger partial charge on any atom is -0.495 e. The second-order valence-electron chi connectivity index (χ2n) is 6.31. The summed E-state index contributed by atoms with van der Waals surface area (Å²) in [7, 11) is 3.09. The topological polar surface area (TPSA) is 82.8 Å². The third-order valence-electron chi connectivity index (χ3n) is 3.87. The Morgan fingerprint density at radius 1 is 1.04 bits per heavy atom. The van der Waals surface area contributed by atoms with Gasteiger partial charge in [0, 0.05) is 11.3 Å². The average Bonchev–Trinajstić information content (AvgIpc) is 2.61. The molecule has 0 saturated carbocycles. The van der Waals surface area contributed by atoms with Gasteiger partial charge in [-0.2, -0.15) is 0 Å². The molecule has 2 aromatic carbocycles. The third-order valence-corrected chi connectivity index (χ3v) is 3.87. The Kier molecular flexibility index (Phi) is 6.72. The summed E-state index contributed by atoms with van der Waals surface area (Å²) in [6, 6.07) is 10.2. The van der Waals surface area contributed by atoms with Crippen molar-refractivity contribution < 1.29 is 19.0 Å². The Bertz CT molecular complexity index is 759. The number of hydrogen-bond donors (Lipinski definition) is 2. The number of nitrogen functional groups attached to an aromatic ring is 1. The Labute approximate surface area is 154 Å². The molecule has 2 aromatic rings. The molecular weight excluding hydrogens is 332 g/mol. The van der Waals surface area contributed by atoms with E-state index in [1.54, 1.807) is 50.6 Å². The molecule has 0 atom stereocenters. The maximum atomic E-state index is 12.5. The number of carbonyl (C=O) groups excluding carboxylic acids is 1. The van der Waals surface area contributed by atoms with Crippen molar-refractivity contribution in [2.75, 3.05) is 31.9 Å². The lowest BCUT2D eigenvalue weighted by Crippen LogP contribution is -2.12. The van der Waals surface area contributed by atoms with Crippen LogP contribution >= 0.6 is 0 Å². The van der Waals surface area contributed by atoms with Crippen LogP contribution in [0.25, 0.3) is 0 Å². The van der Waals surface area contributed by atoms with Crippen molar-refractivity contribution in [1.29, 1.82) is 0 Å². The molecule has 3 N–H and O–H groups in total. The van der Waals surface area contributed by atoms with Gasteiger partial charge in [-0.1, -0.05) is 13.8 Å². The summed E-state index contributed by atoms with van der Waals surface area (Å²) >= 11 is 0. The van der Waals surface area contributed by atoms with E-state index in [0.29, 0.717) is 46.7 Å². The van der Waals surface area contributed by atoms with Gasteiger partial charge in [-0.25, -0.2) is 0 Å². The Balaban J connectivity index is 2.10. The molecule has 0 aliphatic heterocycles. The number of nitrogens with one attached hydrogen (secondary N) is 1. The molecule has 0 heterocycles. The summed E-state index contributed by atoms with van der Waals surface area (Å²) in [6.45, 7) is 4.88. The van der Waals surface area contributed by atoms with E-state index in [9.17, 15) is 4.79 Å². The molecule has 6 heteroatoms. The molecule has 2 rings (SSSR count). The number of rotatable bonds is 8. The SMILES string of the molecule is COc1ccc(NC(=O)c2ccc(OCCC(C)C)c(OC)c2)cc1N. The van der Waals surface area contributed by atoms with Crippen LogP contribution in [0.1, 0.15) is 30.6 Å². The van der Waals surface area contributed by atoms with Gasteiger partial charge in [0.2, 0.25) is 0 Å². The average molecular weight is 358 g/mol. The molecule has 140 valence electrons. The number of amides is 1. The van der Waals surface area contributed by atoms with Gasteiger partial charge in [0.05, 0.1) is 26.5 Å². The lowest BCUT2D eigenvalue weighted by molar-refractivity contribution is 0.102. The summed E-state index contributed by atoms with van der Waals surface area (Å²) in [6.07, 6.45) is 0.949. The molecule has 0 aliphatic carbocycles. The molecular formula is C20H26N2O4. The molecule has 0 fully saturated rings. The maximum Gasteiger partial charge on any atom is 0.255 e. The fourth-order valence-corrected chi connectivity index (χ4v) is 2.35. The number of benzene rings is 2. The molecule has 0 unspecified atom stereocenters. The van der Waals surface area contributed by atoms with Gasteiger partial charge in [-0.3, -0.25) is 4.79 Å². The van der Waals surface area contributed by atoms with Crippen molar-refractivity contribution in [3.8, 4) is 17.2 Å². The van der Waals surface area contributed by atoms with Crippen LogP contribution in [0.15, 0.2) is 36.4 Å². The molecule has 0 aliphatic rings. The van der Waals surface area contributed by atoms with Crippen LogP contribution in [0, 0.1) is 5.92 Å². The first kappa shape index (κ1) is 19.4. The summed E-state index contributed by atoms with van der Waals surface area (Å²) < 4.78 is 16.2. The summed E-state index contributed by atoms with van der Waals surface area (Å²) in [4.78, 5) is 12.5. The Hall–Kier alpha value is -2.89. The Morgan fingerprint density at radius 3 is 2.35 bits per heavy atom. The number of anilines is 2. The molecule has 0 aromatic heterocycles. The van der Waals surface area contributed by atoms with Crippen molar-refractivity contribution in [2.24, 2.45) is 5.92 Å². The number of methoxy groups -OCH3 is 2.